The maximum atomic E-state index is 11.1. The molecule has 1 saturated heterocycles. The SMILES string of the molecule is Nc1ccc(NCC2CCCOC2)c(C(=O)O)c1. The number of carboxylic acids is 1. The van der Waals surface area contributed by atoms with Gasteiger partial charge in [0.2, 0.25) is 0 Å². The highest BCUT2D eigenvalue weighted by Gasteiger charge is 2.15. The summed E-state index contributed by atoms with van der Waals surface area (Å²) in [5.74, 6) is -0.525. The summed E-state index contributed by atoms with van der Waals surface area (Å²) in [5.41, 5.74) is 6.88. The summed E-state index contributed by atoms with van der Waals surface area (Å²) >= 11 is 0. The second-order valence-corrected chi connectivity index (χ2v) is 4.57. The molecule has 0 radical (unpaired) electrons. The molecule has 98 valence electrons. The van der Waals surface area contributed by atoms with Gasteiger partial charge >= 0.3 is 5.97 Å². The van der Waals surface area contributed by atoms with Gasteiger partial charge in [-0.3, -0.25) is 0 Å². The summed E-state index contributed by atoms with van der Waals surface area (Å²) in [7, 11) is 0. The highest BCUT2D eigenvalue weighted by molar-refractivity contribution is 5.95. The van der Waals surface area contributed by atoms with Crippen molar-refractivity contribution < 1.29 is 14.6 Å². The second kappa shape index (κ2) is 5.73. The number of nitrogens with one attached hydrogen (secondary N) is 1. The van der Waals surface area contributed by atoms with Gasteiger partial charge in [0.05, 0.1) is 12.2 Å². The van der Waals surface area contributed by atoms with Crippen molar-refractivity contribution >= 4 is 17.3 Å². The van der Waals surface area contributed by atoms with E-state index in [1.165, 1.54) is 6.07 Å². The van der Waals surface area contributed by atoms with Gasteiger partial charge in [-0.25, -0.2) is 4.79 Å². The van der Waals surface area contributed by atoms with E-state index in [0.29, 0.717) is 17.3 Å². The molecule has 0 amide bonds. The van der Waals surface area contributed by atoms with Gasteiger partial charge in [-0.15, -0.1) is 0 Å². The molecule has 1 aliphatic rings. The fourth-order valence-electron chi connectivity index (χ4n) is 2.12. The van der Waals surface area contributed by atoms with E-state index in [-0.39, 0.29) is 5.56 Å². The highest BCUT2D eigenvalue weighted by Crippen LogP contribution is 2.21. The van der Waals surface area contributed by atoms with Crippen LogP contribution in [0.3, 0.4) is 0 Å². The normalized spacial score (nSPS) is 19.4. The number of rotatable bonds is 4. The molecule has 5 heteroatoms. The zero-order valence-electron chi connectivity index (χ0n) is 10.2. The molecule has 0 aromatic heterocycles. The fourth-order valence-corrected chi connectivity index (χ4v) is 2.12. The van der Waals surface area contributed by atoms with Gasteiger partial charge in [-0.2, -0.15) is 0 Å². The van der Waals surface area contributed by atoms with Gasteiger partial charge in [-0.1, -0.05) is 0 Å². The predicted molar refractivity (Wildman–Crippen MR) is 69.8 cm³/mol. The summed E-state index contributed by atoms with van der Waals surface area (Å²) in [6.45, 7) is 2.30. The Morgan fingerprint density at radius 3 is 3.06 bits per heavy atom. The number of aromatic carboxylic acids is 1. The first-order valence-corrected chi connectivity index (χ1v) is 6.11. The molecule has 1 unspecified atom stereocenters. The van der Waals surface area contributed by atoms with Crippen LogP contribution in [0, 0.1) is 5.92 Å². The van der Waals surface area contributed by atoms with Crippen LogP contribution >= 0.6 is 0 Å². The molecule has 1 heterocycles. The average Bonchev–Trinajstić information content (AvgIpc) is 2.38. The van der Waals surface area contributed by atoms with Gasteiger partial charge in [0.25, 0.3) is 0 Å². The highest BCUT2D eigenvalue weighted by atomic mass is 16.5. The Labute approximate surface area is 106 Å². The van der Waals surface area contributed by atoms with Crippen molar-refractivity contribution in [1.82, 2.24) is 0 Å². The summed E-state index contributed by atoms with van der Waals surface area (Å²) in [4.78, 5) is 11.1. The van der Waals surface area contributed by atoms with Crippen molar-refractivity contribution in [3.05, 3.63) is 23.8 Å². The standard InChI is InChI=1S/C13H18N2O3/c14-10-3-4-12(11(6-10)13(16)17)15-7-9-2-1-5-18-8-9/h3-4,6,9,15H,1-2,5,7-8,14H2,(H,16,17). The molecule has 0 spiro atoms. The molecule has 1 aliphatic heterocycles. The van der Waals surface area contributed by atoms with E-state index >= 15 is 0 Å². The molecule has 18 heavy (non-hydrogen) atoms. The fraction of sp³-hybridized carbons (Fsp3) is 0.462. The number of nitrogens with two attached hydrogens (primary N) is 1. The maximum Gasteiger partial charge on any atom is 0.337 e. The third-order valence-corrected chi connectivity index (χ3v) is 3.11. The van der Waals surface area contributed by atoms with E-state index < -0.39 is 5.97 Å². The molecule has 0 bridgehead atoms. The number of carboxylic acid groups (broad SMARTS) is 1. The first kappa shape index (κ1) is 12.7. The van der Waals surface area contributed by atoms with Crippen LogP contribution in [0.1, 0.15) is 23.2 Å². The topological polar surface area (TPSA) is 84.6 Å². The smallest absolute Gasteiger partial charge is 0.337 e. The first-order chi connectivity index (χ1) is 8.66. The molecule has 1 aromatic carbocycles. The molecule has 5 nitrogen and oxygen atoms in total. The Morgan fingerprint density at radius 1 is 1.56 bits per heavy atom. The van der Waals surface area contributed by atoms with Gasteiger partial charge in [0, 0.05) is 24.5 Å². The Bertz CT molecular complexity index is 428. The zero-order valence-corrected chi connectivity index (χ0v) is 10.2. The van der Waals surface area contributed by atoms with Gasteiger partial charge < -0.3 is 20.9 Å². The van der Waals surface area contributed by atoms with Crippen molar-refractivity contribution in [3.8, 4) is 0 Å². The van der Waals surface area contributed by atoms with Crippen LogP contribution < -0.4 is 11.1 Å². The summed E-state index contributed by atoms with van der Waals surface area (Å²) in [6, 6.07) is 4.89. The summed E-state index contributed by atoms with van der Waals surface area (Å²) in [5, 5.41) is 12.3. The molecular weight excluding hydrogens is 232 g/mol. The minimum absolute atomic E-state index is 0.215. The Balaban J connectivity index is 2.01. The third-order valence-electron chi connectivity index (χ3n) is 3.11. The van der Waals surface area contributed by atoms with Crippen molar-refractivity contribution in [2.75, 3.05) is 30.8 Å². The number of ether oxygens (including phenoxy) is 1. The average molecular weight is 250 g/mol. The maximum absolute atomic E-state index is 11.1. The molecule has 0 saturated carbocycles. The van der Waals surface area contributed by atoms with Gasteiger partial charge in [-0.05, 0) is 37.0 Å². The van der Waals surface area contributed by atoms with Crippen molar-refractivity contribution in [2.24, 2.45) is 5.92 Å². The zero-order chi connectivity index (χ0) is 13.0. The number of hydrogen-bond acceptors (Lipinski definition) is 4. The minimum Gasteiger partial charge on any atom is -0.478 e. The lowest BCUT2D eigenvalue weighted by molar-refractivity contribution is 0.0595. The minimum atomic E-state index is -0.968. The number of carbonyl (C=O) groups is 1. The van der Waals surface area contributed by atoms with Gasteiger partial charge in [0.15, 0.2) is 0 Å². The second-order valence-electron chi connectivity index (χ2n) is 4.57. The van der Waals surface area contributed by atoms with E-state index in [4.69, 9.17) is 15.6 Å². The van der Waals surface area contributed by atoms with Gasteiger partial charge in [0.1, 0.15) is 0 Å². The van der Waals surface area contributed by atoms with E-state index in [1.807, 2.05) is 0 Å². The number of benzene rings is 1. The monoisotopic (exact) mass is 250 g/mol. The molecule has 2 rings (SSSR count). The summed E-state index contributed by atoms with van der Waals surface area (Å²) < 4.78 is 5.39. The van der Waals surface area contributed by atoms with Crippen molar-refractivity contribution in [1.29, 1.82) is 0 Å². The molecule has 1 fully saturated rings. The number of anilines is 2. The Morgan fingerprint density at radius 2 is 2.39 bits per heavy atom. The van der Waals surface area contributed by atoms with Crippen LogP contribution in [0.25, 0.3) is 0 Å². The Kier molecular flexibility index (Phi) is 4.04. The first-order valence-electron chi connectivity index (χ1n) is 6.11. The van der Waals surface area contributed by atoms with Crippen LogP contribution in [0.4, 0.5) is 11.4 Å². The number of hydrogen-bond donors (Lipinski definition) is 3. The third kappa shape index (κ3) is 3.13. The Hall–Kier alpha value is -1.75. The molecule has 1 atom stereocenters. The number of nitrogen functional groups attached to an aromatic ring is 1. The van der Waals surface area contributed by atoms with Crippen molar-refractivity contribution in [3.63, 3.8) is 0 Å². The lowest BCUT2D eigenvalue weighted by atomic mass is 10.0. The van der Waals surface area contributed by atoms with Crippen molar-refractivity contribution in [2.45, 2.75) is 12.8 Å². The predicted octanol–water partition coefficient (Wildman–Crippen LogP) is 1.81. The molecule has 0 aliphatic carbocycles. The largest absolute Gasteiger partial charge is 0.478 e. The van der Waals surface area contributed by atoms with Crippen LogP contribution in [-0.2, 0) is 4.74 Å². The van der Waals surface area contributed by atoms with E-state index in [2.05, 4.69) is 5.32 Å². The molecular formula is C13H18N2O3. The van der Waals surface area contributed by atoms with E-state index in [1.54, 1.807) is 12.1 Å². The summed E-state index contributed by atoms with van der Waals surface area (Å²) in [6.07, 6.45) is 2.18. The van der Waals surface area contributed by atoms with E-state index in [0.717, 1.165) is 32.6 Å². The lowest BCUT2D eigenvalue weighted by Crippen LogP contribution is -2.24. The van der Waals surface area contributed by atoms with E-state index in [9.17, 15) is 4.79 Å². The van der Waals surface area contributed by atoms with Crippen LogP contribution in [-0.4, -0.2) is 30.8 Å². The molecule has 1 aromatic rings. The molecule has 4 N–H and O–H groups in total. The quantitative estimate of drug-likeness (QED) is 0.710. The van der Waals surface area contributed by atoms with Crippen LogP contribution in [0.5, 0.6) is 0 Å². The van der Waals surface area contributed by atoms with Crippen LogP contribution in [0.2, 0.25) is 0 Å². The van der Waals surface area contributed by atoms with Crippen LogP contribution in [0.15, 0.2) is 18.2 Å². The lowest BCUT2D eigenvalue weighted by Gasteiger charge is -2.23.